The molecule has 3 nitrogen and oxygen atoms in total. The van der Waals surface area contributed by atoms with Gasteiger partial charge in [0.15, 0.2) is 0 Å². The Morgan fingerprint density at radius 1 is 1.62 bits per heavy atom. The summed E-state index contributed by atoms with van der Waals surface area (Å²) in [6, 6.07) is 1.83. The number of hydrogen-bond acceptors (Lipinski definition) is 3. The van der Waals surface area contributed by atoms with E-state index < -0.39 is 0 Å². The van der Waals surface area contributed by atoms with E-state index in [9.17, 15) is 4.79 Å². The molecule has 0 aliphatic rings. The Morgan fingerprint density at radius 2 is 2.31 bits per heavy atom. The summed E-state index contributed by atoms with van der Waals surface area (Å²) in [5.41, 5.74) is 2.32. The van der Waals surface area contributed by atoms with Gasteiger partial charge in [-0.1, -0.05) is 6.92 Å². The van der Waals surface area contributed by atoms with Crippen LogP contribution in [-0.2, 0) is 11.2 Å². The molecule has 0 amide bonds. The molecule has 0 aliphatic carbocycles. The number of pyridine rings is 1. The molecule has 13 heavy (non-hydrogen) atoms. The first kappa shape index (κ1) is 9.71. The second kappa shape index (κ2) is 4.03. The lowest BCUT2D eigenvalue weighted by Gasteiger charge is -2.04. The van der Waals surface area contributed by atoms with Crippen molar-refractivity contribution in [2.24, 2.45) is 0 Å². The normalized spacial score (nSPS) is 9.77. The maximum Gasteiger partial charge on any atom is 0.339 e. The lowest BCUT2D eigenvalue weighted by Crippen LogP contribution is -2.06. The van der Waals surface area contributed by atoms with Gasteiger partial charge in [-0.25, -0.2) is 4.79 Å². The van der Waals surface area contributed by atoms with Crippen molar-refractivity contribution in [2.75, 3.05) is 7.11 Å². The highest BCUT2D eigenvalue weighted by molar-refractivity contribution is 5.90. The molecule has 3 heteroatoms. The topological polar surface area (TPSA) is 39.2 Å². The van der Waals surface area contributed by atoms with Crippen LogP contribution in [0.15, 0.2) is 12.3 Å². The van der Waals surface area contributed by atoms with E-state index in [2.05, 4.69) is 9.72 Å². The molecule has 1 rings (SSSR count). The van der Waals surface area contributed by atoms with Crippen molar-refractivity contribution in [1.29, 1.82) is 0 Å². The van der Waals surface area contributed by atoms with Crippen LogP contribution in [0.5, 0.6) is 0 Å². The van der Waals surface area contributed by atoms with Crippen molar-refractivity contribution >= 4 is 5.97 Å². The zero-order valence-electron chi connectivity index (χ0n) is 8.13. The number of hydrogen-bond donors (Lipinski definition) is 0. The number of carbonyl (C=O) groups is 1. The molecular formula is C10H13NO2. The fraction of sp³-hybridized carbons (Fsp3) is 0.400. The summed E-state index contributed by atoms with van der Waals surface area (Å²) in [6.07, 6.45) is 2.65. The SMILES string of the molecule is CCc1cnc(C)c(C(=O)OC)c1. The molecule has 1 aromatic rings. The largest absolute Gasteiger partial charge is 0.465 e. The molecule has 0 fully saturated rings. The highest BCUT2D eigenvalue weighted by atomic mass is 16.5. The lowest BCUT2D eigenvalue weighted by molar-refractivity contribution is 0.0599. The third kappa shape index (κ3) is 2.05. The predicted octanol–water partition coefficient (Wildman–Crippen LogP) is 1.74. The van der Waals surface area contributed by atoms with Crippen LogP contribution < -0.4 is 0 Å². The molecule has 0 bridgehead atoms. The molecule has 0 spiro atoms. The van der Waals surface area contributed by atoms with Crippen LogP contribution in [0, 0.1) is 6.92 Å². The van der Waals surface area contributed by atoms with Gasteiger partial charge in [-0.2, -0.15) is 0 Å². The van der Waals surface area contributed by atoms with E-state index >= 15 is 0 Å². The number of carbonyl (C=O) groups excluding carboxylic acids is 1. The van der Waals surface area contributed by atoms with Gasteiger partial charge in [0.2, 0.25) is 0 Å². The number of rotatable bonds is 2. The summed E-state index contributed by atoms with van der Waals surface area (Å²) in [5.74, 6) is -0.319. The Balaban J connectivity index is 3.11. The van der Waals surface area contributed by atoms with Gasteiger partial charge in [-0.15, -0.1) is 0 Å². The van der Waals surface area contributed by atoms with Crippen LogP contribution in [0.25, 0.3) is 0 Å². The van der Waals surface area contributed by atoms with E-state index in [1.54, 1.807) is 13.1 Å². The van der Waals surface area contributed by atoms with Gasteiger partial charge in [0, 0.05) is 6.20 Å². The summed E-state index contributed by atoms with van der Waals surface area (Å²) in [7, 11) is 1.38. The van der Waals surface area contributed by atoms with E-state index in [1.165, 1.54) is 7.11 Å². The predicted molar refractivity (Wildman–Crippen MR) is 49.7 cm³/mol. The molecule has 0 N–H and O–H groups in total. The molecule has 0 atom stereocenters. The monoisotopic (exact) mass is 179 g/mol. The molecule has 0 unspecified atom stereocenters. The maximum absolute atomic E-state index is 11.2. The minimum Gasteiger partial charge on any atom is -0.465 e. The number of aromatic nitrogens is 1. The standard InChI is InChI=1S/C10H13NO2/c1-4-8-5-9(10(12)13-3)7(2)11-6-8/h5-6H,4H2,1-3H3. The number of ether oxygens (including phenoxy) is 1. The molecule has 0 radical (unpaired) electrons. The second-order valence-corrected chi connectivity index (χ2v) is 2.82. The van der Waals surface area contributed by atoms with Gasteiger partial charge >= 0.3 is 5.97 Å². The highest BCUT2D eigenvalue weighted by Crippen LogP contribution is 2.09. The zero-order chi connectivity index (χ0) is 9.84. The van der Waals surface area contributed by atoms with E-state index in [4.69, 9.17) is 0 Å². The number of esters is 1. The van der Waals surface area contributed by atoms with Crippen LogP contribution in [0.4, 0.5) is 0 Å². The molecule has 0 aromatic carbocycles. The Labute approximate surface area is 77.8 Å². The van der Waals surface area contributed by atoms with Gasteiger partial charge in [-0.05, 0) is 25.0 Å². The molecule has 0 aliphatic heterocycles. The first-order valence-corrected chi connectivity index (χ1v) is 4.22. The molecule has 70 valence electrons. The summed E-state index contributed by atoms with van der Waals surface area (Å²) in [5, 5.41) is 0. The molecule has 0 saturated carbocycles. The van der Waals surface area contributed by atoms with Crippen molar-refractivity contribution < 1.29 is 9.53 Å². The highest BCUT2D eigenvalue weighted by Gasteiger charge is 2.09. The number of methoxy groups -OCH3 is 1. The van der Waals surface area contributed by atoms with Gasteiger partial charge in [0.1, 0.15) is 0 Å². The maximum atomic E-state index is 11.2. The summed E-state index contributed by atoms with van der Waals surface area (Å²) >= 11 is 0. The fourth-order valence-corrected chi connectivity index (χ4v) is 1.09. The zero-order valence-corrected chi connectivity index (χ0v) is 8.13. The van der Waals surface area contributed by atoms with Gasteiger partial charge in [-0.3, -0.25) is 4.98 Å². The Hall–Kier alpha value is -1.38. The minimum absolute atomic E-state index is 0.319. The van der Waals surface area contributed by atoms with Gasteiger partial charge < -0.3 is 4.74 Å². The minimum atomic E-state index is -0.319. The van der Waals surface area contributed by atoms with Crippen molar-refractivity contribution in [3.05, 3.63) is 29.1 Å². The van der Waals surface area contributed by atoms with E-state index in [0.29, 0.717) is 11.3 Å². The Morgan fingerprint density at radius 3 is 2.85 bits per heavy atom. The lowest BCUT2D eigenvalue weighted by atomic mass is 10.1. The van der Waals surface area contributed by atoms with Crippen molar-refractivity contribution in [3.8, 4) is 0 Å². The average molecular weight is 179 g/mol. The third-order valence-electron chi connectivity index (χ3n) is 1.96. The molecule has 1 aromatic heterocycles. The third-order valence-corrected chi connectivity index (χ3v) is 1.96. The second-order valence-electron chi connectivity index (χ2n) is 2.82. The van der Waals surface area contributed by atoms with Crippen molar-refractivity contribution in [1.82, 2.24) is 4.98 Å². The van der Waals surface area contributed by atoms with Crippen LogP contribution in [0.2, 0.25) is 0 Å². The molecule has 0 saturated heterocycles. The van der Waals surface area contributed by atoms with Gasteiger partial charge in [0.25, 0.3) is 0 Å². The molecular weight excluding hydrogens is 166 g/mol. The van der Waals surface area contributed by atoms with Crippen molar-refractivity contribution in [3.63, 3.8) is 0 Å². The van der Waals surface area contributed by atoms with Crippen LogP contribution in [-0.4, -0.2) is 18.1 Å². The number of nitrogens with zero attached hydrogens (tertiary/aromatic N) is 1. The smallest absolute Gasteiger partial charge is 0.339 e. The average Bonchev–Trinajstić information content (AvgIpc) is 2.17. The van der Waals surface area contributed by atoms with Crippen LogP contribution >= 0.6 is 0 Å². The fourth-order valence-electron chi connectivity index (χ4n) is 1.09. The summed E-state index contributed by atoms with van der Waals surface area (Å²) in [6.45, 7) is 3.82. The quantitative estimate of drug-likeness (QED) is 0.649. The van der Waals surface area contributed by atoms with Gasteiger partial charge in [0.05, 0.1) is 18.4 Å². The number of aryl methyl sites for hydroxylation is 2. The van der Waals surface area contributed by atoms with Crippen LogP contribution in [0.1, 0.15) is 28.5 Å². The van der Waals surface area contributed by atoms with Crippen LogP contribution in [0.3, 0.4) is 0 Å². The first-order valence-electron chi connectivity index (χ1n) is 4.22. The van der Waals surface area contributed by atoms with Crippen molar-refractivity contribution in [2.45, 2.75) is 20.3 Å². The Bertz CT molecular complexity index is 321. The molecule has 1 heterocycles. The van der Waals surface area contributed by atoms with E-state index in [-0.39, 0.29) is 5.97 Å². The Kier molecular flexibility index (Phi) is 3.01. The van der Waals surface area contributed by atoms with E-state index in [1.807, 2.05) is 13.0 Å². The first-order chi connectivity index (χ1) is 6.19. The summed E-state index contributed by atoms with van der Waals surface area (Å²) in [4.78, 5) is 15.4. The van der Waals surface area contributed by atoms with E-state index in [0.717, 1.165) is 12.0 Å². The summed E-state index contributed by atoms with van der Waals surface area (Å²) < 4.78 is 4.64.